The molecule has 1 aromatic carbocycles. The summed E-state index contributed by atoms with van der Waals surface area (Å²) in [5.41, 5.74) is 19.4. The lowest BCUT2D eigenvalue weighted by Gasteiger charge is -2.34. The molecule has 5 aliphatic heterocycles. The quantitative estimate of drug-likeness (QED) is 0.100. The van der Waals surface area contributed by atoms with E-state index in [1.165, 1.54) is 28.4 Å². The van der Waals surface area contributed by atoms with Gasteiger partial charge in [-0.1, -0.05) is 24.3 Å². The Morgan fingerprint density at radius 2 is 1.25 bits per heavy atom. The first-order chi connectivity index (χ1) is 48.1. The third-order valence-corrected chi connectivity index (χ3v) is 23.9. The number of nitrogens with one attached hydrogen (secondary N) is 11. The van der Waals surface area contributed by atoms with Crippen LogP contribution in [-0.2, 0) is 64.2 Å². The molecule has 0 radical (unpaired) electrons. The van der Waals surface area contributed by atoms with Gasteiger partial charge in [0.05, 0.1) is 25.1 Å². The van der Waals surface area contributed by atoms with E-state index in [0.29, 0.717) is 121 Å². The number of Topliss-reactive ketones (excluding diaryl/α,β-unsaturated/α-hetero) is 1. The Balaban J connectivity index is 1.02. The number of thioether (sulfide) groups is 2. The van der Waals surface area contributed by atoms with E-state index in [9.17, 15) is 38.7 Å². The number of hydrogen-bond acceptors (Lipinski definition) is 19. The minimum atomic E-state index is -1.75. The van der Waals surface area contributed by atoms with Crippen molar-refractivity contribution in [1.82, 2.24) is 63.4 Å². The molecule has 10 amide bonds. The molecule has 31 heteroatoms. The van der Waals surface area contributed by atoms with Crippen LogP contribution in [-0.4, -0.2) is 211 Å². The van der Waals surface area contributed by atoms with Gasteiger partial charge in [-0.15, -0.1) is 0 Å². The fourth-order valence-corrected chi connectivity index (χ4v) is 18.2. The molecule has 7 fully saturated rings. The number of aliphatic hydroxyl groups is 1. The number of alkyl halides is 2. The molecule has 17 atom stereocenters. The molecule has 556 valence electrons. The van der Waals surface area contributed by atoms with Crippen molar-refractivity contribution in [2.24, 2.45) is 52.7 Å². The number of rotatable bonds is 15. The Bertz CT molecular complexity index is 3010. The molecule has 18 N–H and O–H groups in total. The third kappa shape index (κ3) is 23.0. The summed E-state index contributed by atoms with van der Waals surface area (Å²) in [5, 5.41) is 43.2. The molecule has 9 rings (SSSR count). The zero-order chi connectivity index (χ0) is 71.4. The van der Waals surface area contributed by atoms with Crippen LogP contribution < -0.4 is 75.7 Å². The van der Waals surface area contributed by atoms with Gasteiger partial charge >= 0.3 is 0 Å². The average molecular weight is 1440 g/mol. The standard InChI is InChI=1S/C69H107F2N15O12S2/c70-44-11-15-50-48(26-44)42(30-76-50)23-54-65(94)83-55(24-43-31-77-51-16-12-45(71)27-49(43)51)66(95)84-56(29-60(73)89)67(96)82-53(28-46-32-75-37-79-46)59(88)25-41(22-38-9-13-47(87)14-10-38)69(98)86-19-4-8-58(86)68(97)85-57(63(74)92)36-100-35-40-6-3-5-39(21-40)34-99-20-17-61(90)80-52(7-1-2-18-72)64(93)78-33-62(91)81-54/h3,5-6,21,38,41-58,75-77,79,87H,1-2,4,7-20,22-37,72H2,(H2,73,89)(H2,74,92)(H,78,93)(H,80,90)(H,81,91)(H,82,96)(H,83,94)(H,84,95)(H,85,97)/t38?,41-,42?,43?,44?,45?,46?,47?,48?,49?,50?,51?,52+,53+,54+,55+,56+,57+,58+/m1/s1. The molecule has 9 unspecified atom stereocenters. The summed E-state index contributed by atoms with van der Waals surface area (Å²) in [6, 6.07) is -1.86. The van der Waals surface area contributed by atoms with Gasteiger partial charge in [-0.2, -0.15) is 23.5 Å². The van der Waals surface area contributed by atoms with Crippen molar-refractivity contribution in [3.63, 3.8) is 0 Å². The van der Waals surface area contributed by atoms with Gasteiger partial charge in [-0.3, -0.25) is 52.7 Å². The maximum atomic E-state index is 15.3. The van der Waals surface area contributed by atoms with Gasteiger partial charge in [-0.05, 0) is 182 Å². The number of carbonyl (C=O) groups is 11. The maximum absolute atomic E-state index is 15.3. The van der Waals surface area contributed by atoms with Crippen LogP contribution in [0.15, 0.2) is 24.3 Å². The maximum Gasteiger partial charge on any atom is 0.243 e. The van der Waals surface area contributed by atoms with Crippen molar-refractivity contribution in [2.45, 2.75) is 232 Å². The van der Waals surface area contributed by atoms with Crippen molar-refractivity contribution in [2.75, 3.05) is 57.4 Å². The van der Waals surface area contributed by atoms with E-state index in [4.69, 9.17) is 17.2 Å². The average Bonchev–Trinajstić information content (AvgIpc) is 1.64. The van der Waals surface area contributed by atoms with Crippen LogP contribution in [0.2, 0.25) is 0 Å². The Hall–Kier alpha value is -6.09. The largest absolute Gasteiger partial charge is 0.393 e. The molecule has 5 heterocycles. The van der Waals surface area contributed by atoms with Crippen LogP contribution in [0.4, 0.5) is 8.78 Å². The second-order valence-electron chi connectivity index (χ2n) is 29.1. The van der Waals surface area contributed by atoms with E-state index in [0.717, 1.165) is 11.1 Å². The van der Waals surface area contributed by atoms with E-state index in [2.05, 4.69) is 58.5 Å². The first-order valence-electron chi connectivity index (χ1n) is 36.4. The van der Waals surface area contributed by atoms with Crippen LogP contribution in [0.3, 0.4) is 0 Å². The number of fused-ring (bicyclic) bond motifs is 5. The molecule has 1 aromatic rings. The minimum Gasteiger partial charge on any atom is -0.393 e. The summed E-state index contributed by atoms with van der Waals surface area (Å²) in [5.74, 6) is -8.78. The van der Waals surface area contributed by atoms with Crippen molar-refractivity contribution in [3.8, 4) is 0 Å². The second kappa shape index (κ2) is 38.4. The Labute approximate surface area is 592 Å². The van der Waals surface area contributed by atoms with E-state index < -0.39 is 157 Å². The number of unbranched alkanes of at least 4 members (excludes halogenated alkanes) is 1. The highest BCUT2D eigenvalue weighted by molar-refractivity contribution is 7.98. The predicted molar refractivity (Wildman–Crippen MR) is 373 cm³/mol. The topological polar surface area (TPSA) is 422 Å². The van der Waals surface area contributed by atoms with E-state index >= 15 is 28.0 Å². The number of halogens is 2. The lowest BCUT2D eigenvalue weighted by Crippen LogP contribution is -2.59. The van der Waals surface area contributed by atoms with E-state index in [1.807, 2.05) is 24.3 Å². The fourth-order valence-electron chi connectivity index (χ4n) is 16.3. The van der Waals surface area contributed by atoms with Gasteiger partial charge in [0.15, 0.2) is 5.78 Å². The molecule has 0 spiro atoms. The van der Waals surface area contributed by atoms with Gasteiger partial charge in [0.2, 0.25) is 59.1 Å². The van der Waals surface area contributed by atoms with Gasteiger partial charge in [0.1, 0.15) is 48.6 Å². The number of nitrogens with two attached hydrogens (primary N) is 3. The third-order valence-electron chi connectivity index (χ3n) is 21.7. The zero-order valence-electron chi connectivity index (χ0n) is 57.3. The van der Waals surface area contributed by atoms with Crippen LogP contribution in [0.25, 0.3) is 0 Å². The van der Waals surface area contributed by atoms with E-state index in [-0.39, 0.29) is 112 Å². The predicted octanol–water partition coefficient (Wildman–Crippen LogP) is -0.279. The summed E-state index contributed by atoms with van der Waals surface area (Å²) >= 11 is 2.89. The Morgan fingerprint density at radius 3 is 1.88 bits per heavy atom. The fraction of sp³-hybridized carbons (Fsp3) is 0.754. The van der Waals surface area contributed by atoms with Crippen LogP contribution in [0, 0.1) is 35.5 Å². The summed E-state index contributed by atoms with van der Waals surface area (Å²) in [4.78, 5) is 159. The molecule has 27 nitrogen and oxygen atoms in total. The SMILES string of the molecule is NCCCC[C@@H]1NC(=O)CCSCc2cccc(c2)CSC[C@@H](C(N)=O)NC(=O)[C@@H]2CCCN2C(=O)[C@H](CC2CCC(O)CC2)CC(=O)[C@H](CC2CNCN2)NC(=O)[C@H](CC(N)=O)NC(=O)[C@H](CC2CNC3CCC(F)CC23)NC(=O)[C@H](CC2CNC3CCC(F)CC23)NC(=O)CNC1=O. The number of amides is 10. The molecule has 0 aromatic heterocycles. The first-order valence-corrected chi connectivity index (χ1v) is 38.7. The number of benzene rings is 1. The summed E-state index contributed by atoms with van der Waals surface area (Å²) < 4.78 is 30.5. The molecule has 8 aliphatic rings. The highest BCUT2D eigenvalue weighted by Gasteiger charge is 2.47. The van der Waals surface area contributed by atoms with Gasteiger partial charge < -0.3 is 85.7 Å². The molecular formula is C69H107F2N15O12S2. The van der Waals surface area contributed by atoms with Crippen molar-refractivity contribution in [1.29, 1.82) is 0 Å². The zero-order valence-corrected chi connectivity index (χ0v) is 58.9. The molecular weight excluding hydrogens is 1330 g/mol. The molecule has 3 aliphatic carbocycles. The van der Waals surface area contributed by atoms with Crippen LogP contribution >= 0.6 is 23.5 Å². The summed E-state index contributed by atoms with van der Waals surface area (Å²) in [6.45, 7) is 1.38. The molecule has 100 heavy (non-hydrogen) atoms. The normalized spacial score (nSPS) is 34.9. The lowest BCUT2D eigenvalue weighted by molar-refractivity contribution is -0.144. The molecule has 3 saturated carbocycles. The highest BCUT2D eigenvalue weighted by Crippen LogP contribution is 2.40. The van der Waals surface area contributed by atoms with Crippen LogP contribution in [0.1, 0.15) is 152 Å². The number of ketones is 1. The number of carbonyl (C=O) groups excluding carboxylic acids is 11. The van der Waals surface area contributed by atoms with Crippen molar-refractivity contribution >= 4 is 88.4 Å². The summed E-state index contributed by atoms with van der Waals surface area (Å²) in [7, 11) is 0. The van der Waals surface area contributed by atoms with Crippen molar-refractivity contribution in [3.05, 3.63) is 35.4 Å². The second-order valence-corrected chi connectivity index (χ2v) is 31.2. The molecule has 4 saturated heterocycles. The van der Waals surface area contributed by atoms with Gasteiger partial charge in [0, 0.05) is 79.7 Å². The number of aliphatic hydroxyl groups excluding tert-OH is 1. The minimum absolute atomic E-state index is 0.00454. The monoisotopic (exact) mass is 1440 g/mol. The first kappa shape index (κ1) is 78.1. The lowest BCUT2D eigenvalue weighted by atomic mass is 9.76. The molecule has 2 bridgehead atoms. The number of primary amides is 2. The number of hydrogen-bond donors (Lipinski definition) is 15. The number of nitrogens with zero attached hydrogens (tertiary/aromatic N) is 1. The Morgan fingerprint density at radius 1 is 0.630 bits per heavy atom. The smallest absolute Gasteiger partial charge is 0.243 e. The highest BCUT2D eigenvalue weighted by atomic mass is 32.2. The van der Waals surface area contributed by atoms with Gasteiger partial charge in [-0.25, -0.2) is 8.78 Å². The Kier molecular flexibility index (Phi) is 30.0. The van der Waals surface area contributed by atoms with E-state index in [1.54, 1.807) is 0 Å². The summed E-state index contributed by atoms with van der Waals surface area (Å²) in [6.07, 6.45) is 2.50. The van der Waals surface area contributed by atoms with Crippen molar-refractivity contribution < 1.29 is 66.6 Å². The van der Waals surface area contributed by atoms with Gasteiger partial charge in [0.25, 0.3) is 0 Å². The van der Waals surface area contributed by atoms with Crippen LogP contribution in [0.5, 0.6) is 0 Å².